The van der Waals surface area contributed by atoms with E-state index in [2.05, 4.69) is 0 Å². The van der Waals surface area contributed by atoms with Gasteiger partial charge in [-0.3, -0.25) is 4.90 Å². The number of ether oxygens (including phenoxy) is 1. The minimum Gasteiger partial charge on any atom is -0.495 e. The van der Waals surface area contributed by atoms with Gasteiger partial charge in [0.05, 0.1) is 18.8 Å². The van der Waals surface area contributed by atoms with Crippen LogP contribution in [0.1, 0.15) is 5.56 Å². The molecule has 1 aromatic carbocycles. The first-order valence-corrected chi connectivity index (χ1v) is 5.97. The molecule has 0 saturated carbocycles. The quantitative estimate of drug-likeness (QED) is 0.875. The number of carbonyl (C=O) groups is 1. The van der Waals surface area contributed by atoms with Crippen LogP contribution < -0.4 is 15.4 Å². The van der Waals surface area contributed by atoms with Crippen molar-refractivity contribution in [3.63, 3.8) is 0 Å². The van der Waals surface area contributed by atoms with E-state index in [1.165, 1.54) is 0 Å². The molecule has 0 aromatic heterocycles. The van der Waals surface area contributed by atoms with Crippen LogP contribution in [0.15, 0.2) is 18.2 Å². The van der Waals surface area contributed by atoms with Gasteiger partial charge < -0.3 is 15.4 Å². The SMILES string of the molecule is COc1ccc(C)cc1N1CC(CN)N(C)C1=O. The smallest absolute Gasteiger partial charge is 0.324 e. The summed E-state index contributed by atoms with van der Waals surface area (Å²) in [7, 11) is 3.39. The highest BCUT2D eigenvalue weighted by molar-refractivity contribution is 5.96. The van der Waals surface area contributed by atoms with Crippen LogP contribution in [0.5, 0.6) is 5.75 Å². The van der Waals surface area contributed by atoms with Gasteiger partial charge in [-0.1, -0.05) is 6.07 Å². The minimum absolute atomic E-state index is 0.0330. The molecule has 2 rings (SSSR count). The molecule has 98 valence electrons. The van der Waals surface area contributed by atoms with E-state index in [0.717, 1.165) is 11.3 Å². The Morgan fingerprint density at radius 3 is 2.78 bits per heavy atom. The van der Waals surface area contributed by atoms with Gasteiger partial charge in [0.15, 0.2) is 0 Å². The molecular weight excluding hydrogens is 230 g/mol. The number of aryl methyl sites for hydroxylation is 1. The number of urea groups is 1. The molecule has 5 nitrogen and oxygen atoms in total. The lowest BCUT2D eigenvalue weighted by molar-refractivity contribution is 0.219. The summed E-state index contributed by atoms with van der Waals surface area (Å²) in [6.45, 7) is 3.06. The third-order valence-electron chi connectivity index (χ3n) is 3.37. The van der Waals surface area contributed by atoms with Crippen molar-refractivity contribution in [2.45, 2.75) is 13.0 Å². The van der Waals surface area contributed by atoms with Crippen molar-refractivity contribution in [2.24, 2.45) is 5.73 Å². The monoisotopic (exact) mass is 249 g/mol. The van der Waals surface area contributed by atoms with Crippen molar-refractivity contribution in [3.05, 3.63) is 23.8 Å². The predicted molar refractivity (Wildman–Crippen MR) is 71.1 cm³/mol. The summed E-state index contributed by atoms with van der Waals surface area (Å²) < 4.78 is 5.32. The van der Waals surface area contributed by atoms with Gasteiger partial charge in [-0.2, -0.15) is 0 Å². The zero-order valence-corrected chi connectivity index (χ0v) is 11.0. The number of carbonyl (C=O) groups excluding carboxylic acids is 1. The number of rotatable bonds is 3. The van der Waals surface area contributed by atoms with Crippen LogP contribution in [0.4, 0.5) is 10.5 Å². The first-order valence-electron chi connectivity index (χ1n) is 5.97. The van der Waals surface area contributed by atoms with Crippen molar-refractivity contribution < 1.29 is 9.53 Å². The fourth-order valence-electron chi connectivity index (χ4n) is 2.20. The van der Waals surface area contributed by atoms with Crippen LogP contribution >= 0.6 is 0 Å². The Morgan fingerprint density at radius 1 is 1.50 bits per heavy atom. The van der Waals surface area contributed by atoms with E-state index in [9.17, 15) is 4.79 Å². The summed E-state index contributed by atoms with van der Waals surface area (Å²) in [4.78, 5) is 15.6. The fraction of sp³-hybridized carbons (Fsp3) is 0.462. The van der Waals surface area contributed by atoms with Crippen LogP contribution in [0.25, 0.3) is 0 Å². The van der Waals surface area contributed by atoms with Crippen molar-refractivity contribution in [2.75, 3.05) is 32.1 Å². The molecule has 0 radical (unpaired) electrons. The number of methoxy groups -OCH3 is 1. The van der Waals surface area contributed by atoms with E-state index in [4.69, 9.17) is 10.5 Å². The van der Waals surface area contributed by atoms with Crippen LogP contribution in [-0.4, -0.2) is 44.2 Å². The van der Waals surface area contributed by atoms with Gasteiger partial charge in [0.1, 0.15) is 5.75 Å². The van der Waals surface area contributed by atoms with Gasteiger partial charge in [0.25, 0.3) is 0 Å². The van der Waals surface area contributed by atoms with Crippen molar-refractivity contribution >= 4 is 11.7 Å². The number of likely N-dealkylation sites (N-methyl/N-ethyl adjacent to an activating group) is 1. The largest absolute Gasteiger partial charge is 0.495 e. The molecule has 0 bridgehead atoms. The van der Waals surface area contributed by atoms with E-state index >= 15 is 0 Å². The molecule has 1 fully saturated rings. The Balaban J connectivity index is 2.37. The van der Waals surface area contributed by atoms with E-state index in [0.29, 0.717) is 18.8 Å². The zero-order valence-electron chi connectivity index (χ0n) is 11.0. The Bertz CT molecular complexity index is 462. The molecule has 1 aromatic rings. The molecule has 2 amide bonds. The summed E-state index contributed by atoms with van der Waals surface area (Å²) in [6, 6.07) is 5.83. The average Bonchev–Trinajstić information content (AvgIpc) is 2.66. The van der Waals surface area contributed by atoms with Gasteiger partial charge in [-0.15, -0.1) is 0 Å². The fourth-order valence-corrected chi connectivity index (χ4v) is 2.20. The van der Waals surface area contributed by atoms with Gasteiger partial charge in [0.2, 0.25) is 0 Å². The predicted octanol–water partition coefficient (Wildman–Crippen LogP) is 1.20. The molecule has 1 aliphatic heterocycles. The van der Waals surface area contributed by atoms with Crippen molar-refractivity contribution in [1.82, 2.24) is 4.90 Å². The normalized spacial score (nSPS) is 19.6. The maximum atomic E-state index is 12.2. The Kier molecular flexibility index (Phi) is 3.43. The topological polar surface area (TPSA) is 58.8 Å². The summed E-state index contributed by atoms with van der Waals surface area (Å²) >= 11 is 0. The summed E-state index contributed by atoms with van der Waals surface area (Å²) in [5.74, 6) is 0.708. The number of nitrogens with zero attached hydrogens (tertiary/aromatic N) is 2. The first-order chi connectivity index (χ1) is 8.58. The second kappa shape index (κ2) is 4.86. The molecule has 1 aliphatic rings. The molecular formula is C13H19N3O2. The highest BCUT2D eigenvalue weighted by atomic mass is 16.5. The molecule has 5 heteroatoms. The molecule has 1 unspecified atom stereocenters. The van der Waals surface area contributed by atoms with Gasteiger partial charge in [-0.05, 0) is 24.6 Å². The second-order valence-electron chi connectivity index (χ2n) is 4.57. The summed E-state index contributed by atoms with van der Waals surface area (Å²) in [6.07, 6.45) is 0. The Hall–Kier alpha value is -1.75. The number of hydrogen-bond acceptors (Lipinski definition) is 3. The van der Waals surface area contributed by atoms with Crippen LogP contribution in [0, 0.1) is 6.92 Å². The second-order valence-corrected chi connectivity index (χ2v) is 4.57. The number of hydrogen-bond donors (Lipinski definition) is 1. The summed E-state index contributed by atoms with van der Waals surface area (Å²) in [5.41, 5.74) is 7.58. The third kappa shape index (κ3) is 2.01. The maximum absolute atomic E-state index is 12.2. The maximum Gasteiger partial charge on any atom is 0.324 e. The zero-order chi connectivity index (χ0) is 13.3. The number of nitrogens with two attached hydrogens (primary N) is 1. The van der Waals surface area contributed by atoms with Crippen LogP contribution in [0.2, 0.25) is 0 Å². The number of amides is 2. The van der Waals surface area contributed by atoms with E-state index in [1.54, 1.807) is 24.0 Å². The molecule has 1 atom stereocenters. The van der Waals surface area contributed by atoms with Crippen molar-refractivity contribution in [1.29, 1.82) is 0 Å². The van der Waals surface area contributed by atoms with Crippen LogP contribution in [0.3, 0.4) is 0 Å². The van der Waals surface area contributed by atoms with E-state index < -0.39 is 0 Å². The molecule has 1 heterocycles. The number of benzene rings is 1. The standard InChI is InChI=1S/C13H19N3O2/c1-9-4-5-12(18-3)11(6-9)16-8-10(7-14)15(2)13(16)17/h4-6,10H,7-8,14H2,1-3H3. The van der Waals surface area contributed by atoms with Gasteiger partial charge >= 0.3 is 6.03 Å². The Labute approximate surface area is 107 Å². The van der Waals surface area contributed by atoms with Crippen molar-refractivity contribution in [3.8, 4) is 5.75 Å². The van der Waals surface area contributed by atoms with Crippen LogP contribution in [-0.2, 0) is 0 Å². The lowest BCUT2D eigenvalue weighted by Gasteiger charge is -2.19. The lowest BCUT2D eigenvalue weighted by Crippen LogP contribution is -2.35. The molecule has 18 heavy (non-hydrogen) atoms. The highest BCUT2D eigenvalue weighted by Crippen LogP contribution is 2.32. The first kappa shape index (κ1) is 12.7. The summed E-state index contributed by atoms with van der Waals surface area (Å²) in [5, 5.41) is 0. The van der Waals surface area contributed by atoms with E-state index in [1.807, 2.05) is 25.1 Å². The molecule has 0 aliphatic carbocycles. The van der Waals surface area contributed by atoms with Gasteiger partial charge in [0, 0.05) is 20.1 Å². The molecule has 0 spiro atoms. The minimum atomic E-state index is -0.0330. The Morgan fingerprint density at radius 2 is 2.22 bits per heavy atom. The third-order valence-corrected chi connectivity index (χ3v) is 3.37. The van der Waals surface area contributed by atoms with E-state index in [-0.39, 0.29) is 12.1 Å². The van der Waals surface area contributed by atoms with Gasteiger partial charge in [-0.25, -0.2) is 4.79 Å². The molecule has 1 saturated heterocycles. The number of anilines is 1. The highest BCUT2D eigenvalue weighted by Gasteiger charge is 2.35. The molecule has 2 N–H and O–H groups in total. The average molecular weight is 249 g/mol. The lowest BCUT2D eigenvalue weighted by atomic mass is 10.2.